The average Bonchev–Trinajstić information content (AvgIpc) is 2.41. The molecule has 0 fully saturated rings. The topological polar surface area (TPSA) is 49.4 Å². The van der Waals surface area contributed by atoms with Gasteiger partial charge in [-0.25, -0.2) is 4.39 Å². The number of aryl methyl sites for hydroxylation is 1. The standard InChI is InChI=1S/C16H23FN2O2/c1-4-19(11-15(20)18-12(2)3)16(21)9-8-13-6-5-7-14(17)10-13/h5-7,10,12H,4,8-9,11H2,1-3H3,(H,18,20). The minimum absolute atomic E-state index is 0.0543. The summed E-state index contributed by atoms with van der Waals surface area (Å²) in [4.78, 5) is 25.3. The molecular weight excluding hydrogens is 271 g/mol. The molecule has 0 aliphatic carbocycles. The van der Waals surface area contributed by atoms with Crippen LogP contribution in [0, 0.1) is 5.82 Å². The van der Waals surface area contributed by atoms with Crippen LogP contribution in [0.3, 0.4) is 0 Å². The summed E-state index contributed by atoms with van der Waals surface area (Å²) in [6.45, 7) is 6.13. The van der Waals surface area contributed by atoms with Crippen LogP contribution in [0.25, 0.3) is 0 Å². The van der Waals surface area contributed by atoms with E-state index in [4.69, 9.17) is 0 Å². The number of carbonyl (C=O) groups excluding carboxylic acids is 2. The van der Waals surface area contributed by atoms with Crippen LogP contribution in [-0.4, -0.2) is 35.8 Å². The lowest BCUT2D eigenvalue weighted by Crippen LogP contribution is -2.42. The molecule has 0 saturated heterocycles. The number of halogens is 1. The third-order valence-corrected chi connectivity index (χ3v) is 3.04. The van der Waals surface area contributed by atoms with E-state index in [-0.39, 0.29) is 36.6 Å². The highest BCUT2D eigenvalue weighted by atomic mass is 19.1. The lowest BCUT2D eigenvalue weighted by molar-refractivity contribution is -0.136. The van der Waals surface area contributed by atoms with Crippen molar-refractivity contribution in [2.45, 2.75) is 39.7 Å². The van der Waals surface area contributed by atoms with Gasteiger partial charge in [0.1, 0.15) is 5.82 Å². The van der Waals surface area contributed by atoms with Gasteiger partial charge in [-0.1, -0.05) is 12.1 Å². The molecule has 0 spiro atoms. The van der Waals surface area contributed by atoms with Crippen molar-refractivity contribution >= 4 is 11.8 Å². The number of nitrogens with one attached hydrogen (secondary N) is 1. The summed E-state index contributed by atoms with van der Waals surface area (Å²) >= 11 is 0. The van der Waals surface area contributed by atoms with Crippen molar-refractivity contribution in [3.8, 4) is 0 Å². The van der Waals surface area contributed by atoms with Gasteiger partial charge in [0, 0.05) is 19.0 Å². The highest BCUT2D eigenvalue weighted by molar-refractivity contribution is 5.85. The molecule has 116 valence electrons. The van der Waals surface area contributed by atoms with E-state index in [1.807, 2.05) is 20.8 Å². The molecule has 0 aromatic heterocycles. The molecule has 5 heteroatoms. The first kappa shape index (κ1) is 17.1. The second kappa shape index (κ2) is 8.39. The molecule has 0 bridgehead atoms. The predicted molar refractivity (Wildman–Crippen MR) is 80.3 cm³/mol. The Kier molecular flexibility index (Phi) is 6.85. The monoisotopic (exact) mass is 294 g/mol. The average molecular weight is 294 g/mol. The largest absolute Gasteiger partial charge is 0.352 e. The molecule has 0 saturated carbocycles. The Morgan fingerprint density at radius 2 is 2.05 bits per heavy atom. The van der Waals surface area contributed by atoms with Crippen LogP contribution in [0.2, 0.25) is 0 Å². The lowest BCUT2D eigenvalue weighted by Gasteiger charge is -2.21. The highest BCUT2D eigenvalue weighted by Crippen LogP contribution is 2.07. The van der Waals surface area contributed by atoms with Crippen LogP contribution in [-0.2, 0) is 16.0 Å². The van der Waals surface area contributed by atoms with Gasteiger partial charge in [-0.05, 0) is 44.9 Å². The molecule has 0 atom stereocenters. The quantitative estimate of drug-likeness (QED) is 0.837. The molecule has 1 rings (SSSR count). The van der Waals surface area contributed by atoms with E-state index in [0.29, 0.717) is 13.0 Å². The van der Waals surface area contributed by atoms with Crippen molar-refractivity contribution in [3.63, 3.8) is 0 Å². The van der Waals surface area contributed by atoms with E-state index in [9.17, 15) is 14.0 Å². The molecule has 21 heavy (non-hydrogen) atoms. The number of amides is 2. The molecule has 1 aromatic rings. The van der Waals surface area contributed by atoms with E-state index in [0.717, 1.165) is 5.56 Å². The number of nitrogens with zero attached hydrogens (tertiary/aromatic N) is 1. The van der Waals surface area contributed by atoms with Crippen LogP contribution in [0.4, 0.5) is 4.39 Å². The first-order valence-corrected chi connectivity index (χ1v) is 7.24. The second-order valence-electron chi connectivity index (χ2n) is 5.26. The Bertz CT molecular complexity index is 489. The molecular formula is C16H23FN2O2. The molecule has 1 aromatic carbocycles. The van der Waals surface area contributed by atoms with E-state index in [2.05, 4.69) is 5.32 Å². The van der Waals surface area contributed by atoms with Gasteiger partial charge in [0.25, 0.3) is 0 Å². The molecule has 1 N–H and O–H groups in total. The van der Waals surface area contributed by atoms with E-state index in [1.54, 1.807) is 12.1 Å². The third kappa shape index (κ3) is 6.38. The molecule has 4 nitrogen and oxygen atoms in total. The van der Waals surface area contributed by atoms with E-state index < -0.39 is 0 Å². The van der Waals surface area contributed by atoms with Crippen LogP contribution in [0.5, 0.6) is 0 Å². The maximum Gasteiger partial charge on any atom is 0.239 e. The van der Waals surface area contributed by atoms with E-state index in [1.165, 1.54) is 17.0 Å². The number of hydrogen-bond donors (Lipinski definition) is 1. The minimum atomic E-state index is -0.302. The third-order valence-electron chi connectivity index (χ3n) is 3.04. The highest BCUT2D eigenvalue weighted by Gasteiger charge is 2.15. The number of likely N-dealkylation sites (N-methyl/N-ethyl adjacent to an activating group) is 1. The van der Waals surface area contributed by atoms with Crippen molar-refractivity contribution in [2.24, 2.45) is 0 Å². The zero-order chi connectivity index (χ0) is 15.8. The van der Waals surface area contributed by atoms with Gasteiger partial charge in [0.05, 0.1) is 6.54 Å². The Labute approximate surface area is 125 Å². The number of benzene rings is 1. The van der Waals surface area contributed by atoms with Gasteiger partial charge in [-0.2, -0.15) is 0 Å². The number of hydrogen-bond acceptors (Lipinski definition) is 2. The first-order chi connectivity index (χ1) is 9.92. The van der Waals surface area contributed by atoms with Gasteiger partial charge in [-0.3, -0.25) is 9.59 Å². The first-order valence-electron chi connectivity index (χ1n) is 7.24. The predicted octanol–water partition coefficient (Wildman–Crippen LogP) is 2.13. The minimum Gasteiger partial charge on any atom is -0.352 e. The van der Waals surface area contributed by atoms with E-state index >= 15 is 0 Å². The summed E-state index contributed by atoms with van der Waals surface area (Å²) < 4.78 is 13.1. The Balaban J connectivity index is 2.49. The Morgan fingerprint density at radius 3 is 2.62 bits per heavy atom. The van der Waals surface area contributed by atoms with Crippen LogP contribution < -0.4 is 5.32 Å². The maximum atomic E-state index is 13.1. The zero-order valence-corrected chi connectivity index (χ0v) is 12.9. The van der Waals surface area contributed by atoms with Gasteiger partial charge < -0.3 is 10.2 Å². The smallest absolute Gasteiger partial charge is 0.239 e. The summed E-state index contributed by atoms with van der Waals surface area (Å²) in [7, 11) is 0. The van der Waals surface area contributed by atoms with Gasteiger partial charge in [0.15, 0.2) is 0 Å². The van der Waals surface area contributed by atoms with Crippen molar-refractivity contribution in [1.29, 1.82) is 0 Å². The molecule has 0 unspecified atom stereocenters. The fourth-order valence-electron chi connectivity index (χ4n) is 2.02. The SMILES string of the molecule is CCN(CC(=O)NC(C)C)C(=O)CCc1cccc(F)c1. The maximum absolute atomic E-state index is 13.1. The lowest BCUT2D eigenvalue weighted by atomic mass is 10.1. The Hall–Kier alpha value is -1.91. The number of rotatable bonds is 7. The Morgan fingerprint density at radius 1 is 1.33 bits per heavy atom. The molecule has 2 amide bonds. The zero-order valence-electron chi connectivity index (χ0n) is 12.9. The van der Waals surface area contributed by atoms with Crippen molar-refractivity contribution < 1.29 is 14.0 Å². The summed E-state index contributed by atoms with van der Waals surface area (Å²) in [6.07, 6.45) is 0.741. The van der Waals surface area contributed by atoms with Crippen LogP contribution in [0.1, 0.15) is 32.8 Å². The second-order valence-corrected chi connectivity index (χ2v) is 5.26. The fourth-order valence-corrected chi connectivity index (χ4v) is 2.02. The van der Waals surface area contributed by atoms with Gasteiger partial charge >= 0.3 is 0 Å². The van der Waals surface area contributed by atoms with Crippen LogP contribution in [0.15, 0.2) is 24.3 Å². The van der Waals surface area contributed by atoms with Gasteiger partial charge in [-0.15, -0.1) is 0 Å². The summed E-state index contributed by atoms with van der Waals surface area (Å²) in [5.74, 6) is -0.560. The molecule has 0 aliphatic rings. The van der Waals surface area contributed by atoms with Crippen molar-refractivity contribution in [2.75, 3.05) is 13.1 Å². The van der Waals surface area contributed by atoms with Crippen molar-refractivity contribution in [1.82, 2.24) is 10.2 Å². The molecule has 0 radical (unpaired) electrons. The van der Waals surface area contributed by atoms with Crippen LogP contribution >= 0.6 is 0 Å². The molecule has 0 heterocycles. The summed E-state index contributed by atoms with van der Waals surface area (Å²) in [6, 6.07) is 6.27. The fraction of sp³-hybridized carbons (Fsp3) is 0.500. The summed E-state index contributed by atoms with van der Waals surface area (Å²) in [5.41, 5.74) is 0.783. The van der Waals surface area contributed by atoms with Gasteiger partial charge in [0.2, 0.25) is 11.8 Å². The normalized spacial score (nSPS) is 10.5. The molecule has 0 aliphatic heterocycles. The van der Waals surface area contributed by atoms with Crippen molar-refractivity contribution in [3.05, 3.63) is 35.6 Å². The number of carbonyl (C=O) groups is 2. The summed E-state index contributed by atoms with van der Waals surface area (Å²) in [5, 5.41) is 2.76.